The fourth-order valence-corrected chi connectivity index (χ4v) is 3.44. The van der Waals surface area contributed by atoms with Crippen LogP contribution in [0.2, 0.25) is 0 Å². The number of amides is 2. The van der Waals surface area contributed by atoms with Gasteiger partial charge in [-0.2, -0.15) is 0 Å². The summed E-state index contributed by atoms with van der Waals surface area (Å²) in [6.45, 7) is 0.113. The molecule has 0 aliphatic heterocycles. The second kappa shape index (κ2) is 9.86. The summed E-state index contributed by atoms with van der Waals surface area (Å²) in [7, 11) is 0. The van der Waals surface area contributed by atoms with Gasteiger partial charge in [0.05, 0.1) is 28.5 Å². The molecule has 0 bridgehead atoms. The number of aromatic nitrogens is 2. The van der Waals surface area contributed by atoms with E-state index in [0.717, 1.165) is 16.2 Å². The average molecular weight is 444 g/mol. The van der Waals surface area contributed by atoms with E-state index in [-0.39, 0.29) is 17.8 Å². The highest BCUT2D eigenvalue weighted by atomic mass is 19.1. The summed E-state index contributed by atoms with van der Waals surface area (Å²) in [5, 5.41) is 5.61. The van der Waals surface area contributed by atoms with E-state index >= 15 is 0 Å². The van der Waals surface area contributed by atoms with Gasteiger partial charge >= 0.3 is 0 Å². The van der Waals surface area contributed by atoms with E-state index in [0.29, 0.717) is 29.7 Å². The summed E-state index contributed by atoms with van der Waals surface area (Å²) in [5.74, 6) is -1.39. The van der Waals surface area contributed by atoms with E-state index in [1.165, 1.54) is 18.5 Å². The van der Waals surface area contributed by atoms with E-state index < -0.39 is 17.3 Å². The summed E-state index contributed by atoms with van der Waals surface area (Å²) in [6.07, 6.45) is 1.92. The normalized spacial score (nSPS) is 10.7. The van der Waals surface area contributed by atoms with Gasteiger partial charge < -0.3 is 10.6 Å². The van der Waals surface area contributed by atoms with Gasteiger partial charge in [0.1, 0.15) is 12.4 Å². The minimum absolute atomic E-state index is 0.0866. The number of para-hydroxylation sites is 1. The Hall–Kier alpha value is -4.33. The molecule has 0 radical (unpaired) electrons. The van der Waals surface area contributed by atoms with Crippen LogP contribution < -0.4 is 16.2 Å². The van der Waals surface area contributed by atoms with Crippen LogP contribution in [-0.2, 0) is 17.8 Å². The third-order valence-electron chi connectivity index (χ3n) is 5.09. The third kappa shape index (κ3) is 5.30. The number of halogens is 1. The van der Waals surface area contributed by atoms with Crippen molar-refractivity contribution in [2.45, 2.75) is 13.0 Å². The fourth-order valence-electron chi connectivity index (χ4n) is 3.44. The lowest BCUT2D eigenvalue weighted by molar-refractivity contribution is -0.116. The number of hydrogen-bond acceptors (Lipinski definition) is 4. The van der Waals surface area contributed by atoms with Crippen molar-refractivity contribution in [1.29, 1.82) is 0 Å². The zero-order valence-corrected chi connectivity index (χ0v) is 17.6. The van der Waals surface area contributed by atoms with Crippen LogP contribution in [0.1, 0.15) is 15.9 Å². The predicted molar refractivity (Wildman–Crippen MR) is 124 cm³/mol. The summed E-state index contributed by atoms with van der Waals surface area (Å²) in [5.41, 5.74) is 1.56. The lowest BCUT2D eigenvalue weighted by Gasteiger charge is -2.12. The van der Waals surface area contributed by atoms with Crippen molar-refractivity contribution >= 4 is 28.4 Å². The quantitative estimate of drug-likeness (QED) is 0.458. The number of carbonyl (C=O) groups excluding carboxylic acids is 2. The maximum absolute atomic E-state index is 13.5. The molecule has 166 valence electrons. The maximum atomic E-state index is 13.5. The van der Waals surface area contributed by atoms with Gasteiger partial charge in [0.15, 0.2) is 0 Å². The molecule has 8 heteroatoms. The Morgan fingerprint density at radius 3 is 2.55 bits per heavy atom. The van der Waals surface area contributed by atoms with Crippen molar-refractivity contribution in [2.75, 3.05) is 11.9 Å². The molecule has 2 amide bonds. The van der Waals surface area contributed by atoms with Gasteiger partial charge in [-0.05, 0) is 42.3 Å². The van der Waals surface area contributed by atoms with Crippen molar-refractivity contribution in [1.82, 2.24) is 14.9 Å². The Bertz CT molecular complexity index is 1370. The number of nitrogens with one attached hydrogen (secondary N) is 2. The lowest BCUT2D eigenvalue weighted by Crippen LogP contribution is -2.30. The first-order valence-electron chi connectivity index (χ1n) is 10.4. The topological polar surface area (TPSA) is 93.1 Å². The van der Waals surface area contributed by atoms with Gasteiger partial charge in [0.2, 0.25) is 5.91 Å². The second-order valence-corrected chi connectivity index (χ2v) is 7.42. The number of nitrogens with zero attached hydrogens (tertiary/aromatic N) is 2. The van der Waals surface area contributed by atoms with Crippen LogP contribution in [0.25, 0.3) is 10.9 Å². The molecule has 0 saturated heterocycles. The van der Waals surface area contributed by atoms with Crippen LogP contribution >= 0.6 is 0 Å². The molecule has 0 saturated carbocycles. The molecule has 0 aliphatic rings. The molecule has 0 fully saturated rings. The molecule has 1 aromatic heterocycles. The van der Waals surface area contributed by atoms with Crippen LogP contribution in [0.15, 0.2) is 83.9 Å². The van der Waals surface area contributed by atoms with Gasteiger partial charge in [0.25, 0.3) is 11.5 Å². The van der Waals surface area contributed by atoms with Gasteiger partial charge in [-0.15, -0.1) is 0 Å². The number of hydrogen-bond donors (Lipinski definition) is 2. The molecule has 3 aromatic carbocycles. The van der Waals surface area contributed by atoms with Gasteiger partial charge in [-0.3, -0.25) is 19.0 Å². The first-order valence-corrected chi connectivity index (χ1v) is 10.4. The maximum Gasteiger partial charge on any atom is 0.261 e. The molecule has 4 aromatic rings. The van der Waals surface area contributed by atoms with Gasteiger partial charge in [-0.1, -0.05) is 42.5 Å². The highest BCUT2D eigenvalue weighted by Gasteiger charge is 2.14. The molecule has 0 atom stereocenters. The first kappa shape index (κ1) is 21.9. The van der Waals surface area contributed by atoms with Crippen molar-refractivity contribution < 1.29 is 14.0 Å². The second-order valence-electron chi connectivity index (χ2n) is 7.42. The SMILES string of the molecule is O=C(Cn1cnc2ccc(F)cc2c1=O)Nc1ccccc1C(=O)NCCc1ccccc1. The highest BCUT2D eigenvalue weighted by molar-refractivity contribution is 6.03. The molecule has 7 nitrogen and oxygen atoms in total. The van der Waals surface area contributed by atoms with E-state index in [1.54, 1.807) is 24.3 Å². The number of fused-ring (bicyclic) bond motifs is 1. The van der Waals surface area contributed by atoms with Crippen LogP contribution in [0.4, 0.5) is 10.1 Å². The van der Waals surface area contributed by atoms with Crippen molar-refractivity contribution in [2.24, 2.45) is 0 Å². The molecule has 1 heterocycles. The summed E-state index contributed by atoms with van der Waals surface area (Å²) >= 11 is 0. The molecule has 33 heavy (non-hydrogen) atoms. The zero-order chi connectivity index (χ0) is 23.2. The summed E-state index contributed by atoms with van der Waals surface area (Å²) in [4.78, 5) is 42.0. The average Bonchev–Trinajstić information content (AvgIpc) is 2.82. The number of anilines is 1. The minimum Gasteiger partial charge on any atom is -0.352 e. The van der Waals surface area contributed by atoms with E-state index in [2.05, 4.69) is 15.6 Å². The standard InChI is InChI=1S/C25H21FN4O3/c26-18-10-11-21-20(14-18)25(33)30(16-28-21)15-23(31)29-22-9-5-4-8-19(22)24(32)27-13-12-17-6-2-1-3-7-17/h1-11,14,16H,12-13,15H2,(H,27,32)(H,29,31). The molecular weight excluding hydrogens is 423 g/mol. The number of rotatable bonds is 7. The monoisotopic (exact) mass is 444 g/mol. The molecule has 0 aliphatic carbocycles. The summed E-state index contributed by atoms with van der Waals surface area (Å²) < 4.78 is 14.6. The Labute approximate surface area is 188 Å². The van der Waals surface area contributed by atoms with Crippen LogP contribution in [0.5, 0.6) is 0 Å². The lowest BCUT2D eigenvalue weighted by atomic mass is 10.1. The molecule has 4 rings (SSSR count). The van der Waals surface area contributed by atoms with Crippen molar-refractivity contribution in [3.63, 3.8) is 0 Å². The van der Waals surface area contributed by atoms with E-state index in [9.17, 15) is 18.8 Å². The molecule has 2 N–H and O–H groups in total. The molecular formula is C25H21FN4O3. The van der Waals surface area contributed by atoms with Crippen LogP contribution in [0.3, 0.4) is 0 Å². The molecule has 0 unspecified atom stereocenters. The largest absolute Gasteiger partial charge is 0.352 e. The first-order chi connectivity index (χ1) is 16.0. The fraction of sp³-hybridized carbons (Fsp3) is 0.120. The van der Waals surface area contributed by atoms with E-state index in [4.69, 9.17) is 0 Å². The smallest absolute Gasteiger partial charge is 0.261 e. The summed E-state index contributed by atoms with van der Waals surface area (Å²) in [6, 6.07) is 20.1. The number of benzene rings is 3. The van der Waals surface area contributed by atoms with E-state index in [1.807, 2.05) is 30.3 Å². The highest BCUT2D eigenvalue weighted by Crippen LogP contribution is 2.15. The predicted octanol–water partition coefficient (Wildman–Crippen LogP) is 3.15. The van der Waals surface area contributed by atoms with Crippen LogP contribution in [0, 0.1) is 5.82 Å². The Morgan fingerprint density at radius 2 is 1.73 bits per heavy atom. The Kier molecular flexibility index (Phi) is 6.54. The van der Waals surface area contributed by atoms with Gasteiger partial charge in [-0.25, -0.2) is 9.37 Å². The Balaban J connectivity index is 1.43. The molecule has 0 spiro atoms. The Morgan fingerprint density at radius 1 is 0.970 bits per heavy atom. The van der Waals surface area contributed by atoms with Crippen molar-refractivity contribution in [3.8, 4) is 0 Å². The van der Waals surface area contributed by atoms with Gasteiger partial charge in [0, 0.05) is 6.54 Å². The zero-order valence-electron chi connectivity index (χ0n) is 17.6. The van der Waals surface area contributed by atoms with Crippen LogP contribution in [-0.4, -0.2) is 27.9 Å². The minimum atomic E-state index is -0.559. The third-order valence-corrected chi connectivity index (χ3v) is 5.09. The van der Waals surface area contributed by atoms with Crippen molar-refractivity contribution in [3.05, 3.63) is 106 Å². The number of carbonyl (C=O) groups is 2.